The average Bonchev–Trinajstić information content (AvgIpc) is 3.05. The van der Waals surface area contributed by atoms with Crippen molar-refractivity contribution in [3.63, 3.8) is 0 Å². The van der Waals surface area contributed by atoms with Crippen LogP contribution in [0, 0.1) is 0 Å². The van der Waals surface area contributed by atoms with Gasteiger partial charge in [0, 0.05) is 11.3 Å². The van der Waals surface area contributed by atoms with Gasteiger partial charge in [-0.05, 0) is 42.0 Å². The molecule has 0 radical (unpaired) electrons. The molecule has 0 saturated carbocycles. The third-order valence-corrected chi connectivity index (χ3v) is 5.05. The van der Waals surface area contributed by atoms with Crippen molar-refractivity contribution in [2.45, 2.75) is 6.04 Å². The Balaban J connectivity index is 1.92. The van der Waals surface area contributed by atoms with Crippen molar-refractivity contribution in [2.75, 3.05) is 12.0 Å². The lowest BCUT2D eigenvalue weighted by atomic mass is 9.95. The predicted molar refractivity (Wildman–Crippen MR) is 112 cm³/mol. The molecule has 3 aromatic rings. The van der Waals surface area contributed by atoms with Crippen molar-refractivity contribution in [2.24, 2.45) is 0 Å². The van der Waals surface area contributed by atoms with Gasteiger partial charge >= 0.3 is 0 Å². The van der Waals surface area contributed by atoms with Crippen LogP contribution in [0.15, 0.2) is 84.4 Å². The zero-order valence-corrected chi connectivity index (χ0v) is 16.1. The first-order valence-corrected chi connectivity index (χ1v) is 9.30. The quantitative estimate of drug-likeness (QED) is 0.392. The molecule has 0 bridgehead atoms. The lowest BCUT2D eigenvalue weighted by Gasteiger charge is -2.25. The Morgan fingerprint density at radius 1 is 0.900 bits per heavy atom. The van der Waals surface area contributed by atoms with Crippen molar-refractivity contribution in [3.05, 3.63) is 95.6 Å². The molecule has 1 fully saturated rings. The Morgan fingerprint density at radius 3 is 2.13 bits per heavy atom. The first kappa shape index (κ1) is 19.3. The van der Waals surface area contributed by atoms with E-state index in [1.807, 2.05) is 0 Å². The maximum atomic E-state index is 13.0. The second-order valence-electron chi connectivity index (χ2n) is 6.82. The molecule has 1 saturated heterocycles. The maximum absolute atomic E-state index is 13.0. The summed E-state index contributed by atoms with van der Waals surface area (Å²) in [5.41, 5.74) is 1.52. The van der Waals surface area contributed by atoms with Gasteiger partial charge in [-0.15, -0.1) is 0 Å². The number of anilines is 1. The van der Waals surface area contributed by atoms with Gasteiger partial charge in [-0.25, -0.2) is 0 Å². The minimum atomic E-state index is -0.833. The van der Waals surface area contributed by atoms with Gasteiger partial charge in [0.15, 0.2) is 0 Å². The standard InChI is InChI=1S/C24H19NO5/c1-30-19-13-7-15(8-14-19)21-20(22(27)16-5-3-2-4-6-16)23(28)24(29)25(21)17-9-11-18(26)12-10-17/h2-14,21,26-27H,1H3/b22-20+. The summed E-state index contributed by atoms with van der Waals surface area (Å²) in [7, 11) is 1.55. The fourth-order valence-electron chi connectivity index (χ4n) is 3.57. The number of hydrogen-bond acceptors (Lipinski definition) is 5. The molecule has 1 atom stereocenters. The van der Waals surface area contributed by atoms with Crippen LogP contribution in [0.2, 0.25) is 0 Å². The molecule has 1 aliphatic rings. The molecule has 6 heteroatoms. The van der Waals surface area contributed by atoms with E-state index in [9.17, 15) is 19.8 Å². The summed E-state index contributed by atoms with van der Waals surface area (Å²) < 4.78 is 5.21. The number of aromatic hydroxyl groups is 1. The number of aliphatic hydroxyl groups is 1. The number of rotatable bonds is 4. The lowest BCUT2D eigenvalue weighted by molar-refractivity contribution is -0.132. The summed E-state index contributed by atoms with van der Waals surface area (Å²) in [4.78, 5) is 27.3. The number of methoxy groups -OCH3 is 1. The minimum Gasteiger partial charge on any atom is -0.508 e. The van der Waals surface area contributed by atoms with Crippen molar-refractivity contribution in [1.29, 1.82) is 0 Å². The Morgan fingerprint density at radius 2 is 1.53 bits per heavy atom. The molecule has 4 rings (SSSR count). The van der Waals surface area contributed by atoms with E-state index in [4.69, 9.17) is 4.74 Å². The lowest BCUT2D eigenvalue weighted by Crippen LogP contribution is -2.29. The van der Waals surface area contributed by atoms with Crippen LogP contribution < -0.4 is 9.64 Å². The minimum absolute atomic E-state index is 0.00411. The predicted octanol–water partition coefficient (Wildman–Crippen LogP) is 4.03. The summed E-state index contributed by atoms with van der Waals surface area (Å²) in [6.45, 7) is 0. The molecule has 0 aliphatic carbocycles. The van der Waals surface area contributed by atoms with Crippen molar-refractivity contribution >= 4 is 23.1 Å². The molecule has 1 aliphatic heterocycles. The van der Waals surface area contributed by atoms with E-state index < -0.39 is 17.7 Å². The molecule has 1 unspecified atom stereocenters. The number of nitrogens with zero attached hydrogens (tertiary/aromatic N) is 1. The molecule has 0 aromatic heterocycles. The van der Waals surface area contributed by atoms with E-state index in [0.717, 1.165) is 0 Å². The molecule has 1 amide bonds. The maximum Gasteiger partial charge on any atom is 0.300 e. The number of carbonyl (C=O) groups is 2. The number of aliphatic hydroxyl groups excluding tert-OH is 1. The van der Waals surface area contributed by atoms with Crippen LogP contribution in [0.3, 0.4) is 0 Å². The van der Waals surface area contributed by atoms with E-state index in [1.54, 1.807) is 73.8 Å². The first-order chi connectivity index (χ1) is 14.5. The summed E-state index contributed by atoms with van der Waals surface area (Å²) >= 11 is 0. The van der Waals surface area contributed by atoms with Crippen molar-refractivity contribution in [3.8, 4) is 11.5 Å². The molecule has 30 heavy (non-hydrogen) atoms. The van der Waals surface area contributed by atoms with Gasteiger partial charge in [-0.3, -0.25) is 14.5 Å². The van der Waals surface area contributed by atoms with Crippen LogP contribution in [0.4, 0.5) is 5.69 Å². The third kappa shape index (κ3) is 3.28. The molecular formula is C24H19NO5. The van der Waals surface area contributed by atoms with Crippen LogP contribution in [-0.2, 0) is 9.59 Å². The van der Waals surface area contributed by atoms with Crippen LogP contribution >= 0.6 is 0 Å². The van der Waals surface area contributed by atoms with E-state index in [0.29, 0.717) is 22.6 Å². The molecule has 6 nitrogen and oxygen atoms in total. The van der Waals surface area contributed by atoms with Crippen LogP contribution in [-0.4, -0.2) is 29.0 Å². The second kappa shape index (κ2) is 7.75. The van der Waals surface area contributed by atoms with Gasteiger partial charge in [0.1, 0.15) is 17.3 Å². The van der Waals surface area contributed by atoms with Gasteiger partial charge in [0.25, 0.3) is 11.7 Å². The number of Topliss-reactive ketones (excluding diaryl/α,β-unsaturated/α-hetero) is 1. The van der Waals surface area contributed by atoms with Gasteiger partial charge < -0.3 is 14.9 Å². The summed E-state index contributed by atoms with van der Waals surface area (Å²) in [6, 6.07) is 20.8. The Kier molecular flexibility index (Phi) is 4.98. The van der Waals surface area contributed by atoms with Crippen LogP contribution in [0.5, 0.6) is 11.5 Å². The highest BCUT2D eigenvalue weighted by Gasteiger charge is 2.46. The third-order valence-electron chi connectivity index (χ3n) is 5.05. The number of ether oxygens (including phenoxy) is 1. The number of benzene rings is 3. The zero-order valence-electron chi connectivity index (χ0n) is 16.1. The molecule has 2 N–H and O–H groups in total. The first-order valence-electron chi connectivity index (χ1n) is 9.30. The van der Waals surface area contributed by atoms with Crippen LogP contribution in [0.25, 0.3) is 5.76 Å². The van der Waals surface area contributed by atoms with Gasteiger partial charge in [0.2, 0.25) is 0 Å². The summed E-state index contributed by atoms with van der Waals surface area (Å²) in [5, 5.41) is 20.6. The highest BCUT2D eigenvalue weighted by atomic mass is 16.5. The van der Waals surface area contributed by atoms with Crippen molar-refractivity contribution < 1.29 is 24.5 Å². The Hall–Kier alpha value is -4.06. The highest BCUT2D eigenvalue weighted by molar-refractivity contribution is 6.51. The number of hydrogen-bond donors (Lipinski definition) is 2. The summed E-state index contributed by atoms with van der Waals surface area (Å²) in [6.07, 6.45) is 0. The molecule has 3 aromatic carbocycles. The van der Waals surface area contributed by atoms with Crippen LogP contribution in [0.1, 0.15) is 17.2 Å². The van der Waals surface area contributed by atoms with E-state index in [1.165, 1.54) is 17.0 Å². The Labute approximate surface area is 173 Å². The van der Waals surface area contributed by atoms with E-state index >= 15 is 0 Å². The normalized spacial score (nSPS) is 17.9. The number of phenols is 1. The number of phenolic OH excluding ortho intramolecular Hbond substituents is 1. The average molecular weight is 401 g/mol. The zero-order chi connectivity index (χ0) is 21.3. The number of amides is 1. The molecular weight excluding hydrogens is 382 g/mol. The molecule has 150 valence electrons. The van der Waals surface area contributed by atoms with E-state index in [-0.39, 0.29) is 17.1 Å². The van der Waals surface area contributed by atoms with Gasteiger partial charge in [-0.1, -0.05) is 42.5 Å². The Bertz CT molecular complexity index is 1120. The topological polar surface area (TPSA) is 87.1 Å². The molecule has 0 spiro atoms. The largest absolute Gasteiger partial charge is 0.508 e. The number of carbonyl (C=O) groups excluding carboxylic acids is 2. The monoisotopic (exact) mass is 401 g/mol. The SMILES string of the molecule is COc1ccc(C2/C(=C(\O)c3ccccc3)C(=O)C(=O)N2c2ccc(O)cc2)cc1. The number of ketones is 1. The second-order valence-corrected chi connectivity index (χ2v) is 6.82. The van der Waals surface area contributed by atoms with Gasteiger partial charge in [-0.2, -0.15) is 0 Å². The van der Waals surface area contributed by atoms with Crippen molar-refractivity contribution in [1.82, 2.24) is 0 Å². The fraction of sp³-hybridized carbons (Fsp3) is 0.0833. The van der Waals surface area contributed by atoms with E-state index in [2.05, 4.69) is 0 Å². The molecule has 1 heterocycles. The highest BCUT2D eigenvalue weighted by Crippen LogP contribution is 2.42. The van der Waals surface area contributed by atoms with Gasteiger partial charge in [0.05, 0.1) is 18.7 Å². The summed E-state index contributed by atoms with van der Waals surface area (Å²) in [5.74, 6) is -1.09. The fourth-order valence-corrected chi connectivity index (χ4v) is 3.57. The smallest absolute Gasteiger partial charge is 0.300 e.